The molecule has 0 radical (unpaired) electrons. The second kappa shape index (κ2) is 9.62. The molecule has 1 aliphatic rings. The Morgan fingerprint density at radius 2 is 1.94 bits per heavy atom. The van der Waals surface area contributed by atoms with Crippen molar-refractivity contribution in [3.05, 3.63) is 94.3 Å². The molecule has 158 valence electrons. The minimum Gasteiger partial charge on any atom is -0.346 e. The van der Waals surface area contributed by atoms with Crippen LogP contribution in [0.25, 0.3) is 6.08 Å². The smallest absolute Gasteiger partial charge is 0.271 e. The lowest BCUT2D eigenvalue weighted by Gasteiger charge is -2.29. The monoisotopic (exact) mass is 413 g/mol. The van der Waals surface area contributed by atoms with Crippen LogP contribution in [0.1, 0.15) is 44.1 Å². The highest BCUT2D eigenvalue weighted by Crippen LogP contribution is 2.24. The second-order valence-corrected chi connectivity index (χ2v) is 7.85. The molecular weight excluding hydrogens is 386 g/mol. The first-order chi connectivity index (χ1) is 15.1. The fourth-order valence-electron chi connectivity index (χ4n) is 3.84. The SMILES string of the molecule is Cc1cnc(C(=O)NCc2c(C)ncc3c2CCN(C/C=C/c2ccccc2)C3)cn1. The minimum absolute atomic E-state index is 0.215. The Kier molecular flexibility index (Phi) is 6.48. The van der Waals surface area contributed by atoms with Gasteiger partial charge in [-0.05, 0) is 42.5 Å². The van der Waals surface area contributed by atoms with E-state index in [0.717, 1.165) is 43.0 Å². The number of pyridine rings is 1. The first-order valence-electron chi connectivity index (χ1n) is 10.6. The van der Waals surface area contributed by atoms with Gasteiger partial charge in [0, 0.05) is 44.3 Å². The zero-order valence-electron chi connectivity index (χ0n) is 18.0. The number of hydrogen-bond acceptors (Lipinski definition) is 5. The maximum Gasteiger partial charge on any atom is 0.271 e. The average molecular weight is 414 g/mol. The lowest BCUT2D eigenvalue weighted by molar-refractivity contribution is 0.0945. The summed E-state index contributed by atoms with van der Waals surface area (Å²) in [5.41, 5.74) is 6.97. The largest absolute Gasteiger partial charge is 0.346 e. The van der Waals surface area contributed by atoms with E-state index in [0.29, 0.717) is 12.2 Å². The number of benzene rings is 1. The Bertz CT molecular complexity index is 1080. The summed E-state index contributed by atoms with van der Waals surface area (Å²) >= 11 is 0. The molecule has 1 aromatic carbocycles. The third kappa shape index (κ3) is 5.22. The van der Waals surface area contributed by atoms with E-state index in [4.69, 9.17) is 0 Å². The van der Waals surface area contributed by atoms with Crippen molar-refractivity contribution < 1.29 is 4.79 Å². The van der Waals surface area contributed by atoms with Crippen molar-refractivity contribution in [3.8, 4) is 0 Å². The number of aromatic nitrogens is 3. The lowest BCUT2D eigenvalue weighted by atomic mass is 9.95. The Balaban J connectivity index is 1.40. The van der Waals surface area contributed by atoms with Gasteiger partial charge >= 0.3 is 0 Å². The van der Waals surface area contributed by atoms with Crippen molar-refractivity contribution in [1.29, 1.82) is 0 Å². The summed E-state index contributed by atoms with van der Waals surface area (Å²) in [6.07, 6.45) is 10.4. The average Bonchev–Trinajstić information content (AvgIpc) is 2.79. The van der Waals surface area contributed by atoms with Crippen LogP contribution >= 0.6 is 0 Å². The van der Waals surface area contributed by atoms with Crippen LogP contribution < -0.4 is 5.32 Å². The van der Waals surface area contributed by atoms with Crippen LogP contribution in [0.15, 0.2) is 55.0 Å². The van der Waals surface area contributed by atoms with E-state index < -0.39 is 0 Å². The molecule has 6 heteroatoms. The Morgan fingerprint density at radius 1 is 1.10 bits per heavy atom. The Morgan fingerprint density at radius 3 is 2.71 bits per heavy atom. The zero-order chi connectivity index (χ0) is 21.6. The minimum atomic E-state index is -0.215. The van der Waals surface area contributed by atoms with Gasteiger partial charge in [0.2, 0.25) is 0 Å². The first kappa shape index (κ1) is 20.9. The van der Waals surface area contributed by atoms with Gasteiger partial charge in [0.1, 0.15) is 5.69 Å². The summed E-state index contributed by atoms with van der Waals surface area (Å²) in [5.74, 6) is -0.215. The molecule has 1 aliphatic heterocycles. The molecule has 31 heavy (non-hydrogen) atoms. The van der Waals surface area contributed by atoms with E-state index in [2.05, 4.69) is 61.6 Å². The number of nitrogens with zero attached hydrogens (tertiary/aromatic N) is 4. The van der Waals surface area contributed by atoms with Gasteiger partial charge in [-0.25, -0.2) is 4.98 Å². The molecule has 0 bridgehead atoms. The summed E-state index contributed by atoms with van der Waals surface area (Å²) in [6.45, 7) is 7.06. The molecule has 0 saturated carbocycles. The van der Waals surface area contributed by atoms with Gasteiger partial charge < -0.3 is 5.32 Å². The maximum absolute atomic E-state index is 12.4. The molecule has 0 fully saturated rings. The second-order valence-electron chi connectivity index (χ2n) is 7.85. The number of hydrogen-bond donors (Lipinski definition) is 1. The predicted octanol–water partition coefficient (Wildman–Crippen LogP) is 3.49. The summed E-state index contributed by atoms with van der Waals surface area (Å²) in [6, 6.07) is 10.4. The van der Waals surface area contributed by atoms with E-state index in [9.17, 15) is 4.79 Å². The van der Waals surface area contributed by atoms with Crippen LogP contribution in [-0.4, -0.2) is 38.8 Å². The molecule has 1 N–H and O–H groups in total. The van der Waals surface area contributed by atoms with E-state index in [1.165, 1.54) is 22.9 Å². The zero-order valence-corrected chi connectivity index (χ0v) is 18.0. The van der Waals surface area contributed by atoms with Crippen LogP contribution in [0.3, 0.4) is 0 Å². The summed E-state index contributed by atoms with van der Waals surface area (Å²) in [7, 11) is 0. The highest BCUT2D eigenvalue weighted by Gasteiger charge is 2.20. The first-order valence-corrected chi connectivity index (χ1v) is 10.6. The fraction of sp³-hybridized carbons (Fsp3) is 0.280. The molecule has 0 aliphatic carbocycles. The van der Waals surface area contributed by atoms with Gasteiger partial charge in [-0.1, -0.05) is 42.5 Å². The number of aryl methyl sites for hydroxylation is 2. The van der Waals surface area contributed by atoms with Crippen LogP contribution in [0.2, 0.25) is 0 Å². The molecule has 4 rings (SSSR count). The molecular formula is C25H27N5O. The summed E-state index contributed by atoms with van der Waals surface area (Å²) in [5, 5.41) is 2.98. The van der Waals surface area contributed by atoms with E-state index in [1.54, 1.807) is 6.20 Å². The van der Waals surface area contributed by atoms with Crippen molar-refractivity contribution in [2.45, 2.75) is 33.4 Å². The van der Waals surface area contributed by atoms with Crippen molar-refractivity contribution in [2.24, 2.45) is 0 Å². The number of carbonyl (C=O) groups excluding carboxylic acids is 1. The standard InChI is InChI=1S/C25H27N5O/c1-18-13-28-24(16-26-18)25(31)29-15-23-19(2)27-14-21-17-30(12-10-22(21)23)11-6-9-20-7-4-3-5-8-20/h3-9,13-14,16H,10-12,15,17H2,1-2H3,(H,29,31)/b9-6+. The summed E-state index contributed by atoms with van der Waals surface area (Å²) in [4.78, 5) is 27.8. The fourth-order valence-corrected chi connectivity index (χ4v) is 3.84. The van der Waals surface area contributed by atoms with Crippen LogP contribution in [0, 0.1) is 13.8 Å². The molecule has 1 amide bonds. The molecule has 0 saturated heterocycles. The molecule has 0 unspecified atom stereocenters. The molecule has 0 atom stereocenters. The van der Waals surface area contributed by atoms with Crippen LogP contribution in [0.4, 0.5) is 0 Å². The molecule has 0 spiro atoms. The number of fused-ring (bicyclic) bond motifs is 1. The maximum atomic E-state index is 12.4. The van der Waals surface area contributed by atoms with Crippen molar-refractivity contribution in [2.75, 3.05) is 13.1 Å². The van der Waals surface area contributed by atoms with Gasteiger partial charge in [0.05, 0.1) is 11.9 Å². The third-order valence-corrected chi connectivity index (χ3v) is 5.59. The van der Waals surface area contributed by atoms with Gasteiger partial charge in [-0.3, -0.25) is 19.7 Å². The van der Waals surface area contributed by atoms with Crippen LogP contribution in [-0.2, 0) is 19.5 Å². The van der Waals surface area contributed by atoms with E-state index in [-0.39, 0.29) is 5.91 Å². The van der Waals surface area contributed by atoms with Crippen molar-refractivity contribution in [3.63, 3.8) is 0 Å². The Hall–Kier alpha value is -3.38. The van der Waals surface area contributed by atoms with Gasteiger partial charge in [0.15, 0.2) is 0 Å². The highest BCUT2D eigenvalue weighted by atomic mass is 16.1. The summed E-state index contributed by atoms with van der Waals surface area (Å²) < 4.78 is 0. The molecule has 2 aromatic heterocycles. The normalized spacial score (nSPS) is 13.9. The third-order valence-electron chi connectivity index (χ3n) is 5.59. The number of carbonyl (C=O) groups is 1. The van der Waals surface area contributed by atoms with E-state index in [1.807, 2.05) is 26.1 Å². The topological polar surface area (TPSA) is 71.0 Å². The molecule has 6 nitrogen and oxygen atoms in total. The van der Waals surface area contributed by atoms with Crippen molar-refractivity contribution in [1.82, 2.24) is 25.2 Å². The highest BCUT2D eigenvalue weighted by molar-refractivity contribution is 5.91. The number of rotatable bonds is 6. The lowest BCUT2D eigenvalue weighted by Crippen LogP contribution is -2.33. The van der Waals surface area contributed by atoms with Crippen molar-refractivity contribution >= 4 is 12.0 Å². The molecule has 3 heterocycles. The predicted molar refractivity (Wildman–Crippen MR) is 121 cm³/mol. The number of nitrogens with one attached hydrogen (secondary N) is 1. The van der Waals surface area contributed by atoms with E-state index >= 15 is 0 Å². The van der Waals surface area contributed by atoms with Gasteiger partial charge in [0.25, 0.3) is 5.91 Å². The quantitative estimate of drug-likeness (QED) is 0.670. The number of amides is 1. The van der Waals surface area contributed by atoms with Crippen LogP contribution in [0.5, 0.6) is 0 Å². The van der Waals surface area contributed by atoms with Gasteiger partial charge in [-0.15, -0.1) is 0 Å². The molecule has 3 aromatic rings. The van der Waals surface area contributed by atoms with Gasteiger partial charge in [-0.2, -0.15) is 0 Å². The Labute approximate surface area is 183 Å².